The zero-order valence-corrected chi connectivity index (χ0v) is 11.6. The van der Waals surface area contributed by atoms with E-state index < -0.39 is 25.6 Å². The molecular formula is C9H11O5PS2. The van der Waals surface area contributed by atoms with Crippen LogP contribution in [-0.2, 0) is 29.1 Å². The van der Waals surface area contributed by atoms with E-state index in [-0.39, 0.29) is 10.6 Å². The maximum atomic E-state index is 11.9. The Morgan fingerprint density at radius 2 is 2.12 bits per heavy atom. The SMILES string of the molecule is Cc1cccc(CS)c1S(=O)(=O)OCOP=O. The van der Waals surface area contributed by atoms with Crippen LogP contribution in [0.25, 0.3) is 0 Å². The van der Waals surface area contributed by atoms with Crippen LogP contribution in [0.2, 0.25) is 0 Å². The molecule has 17 heavy (non-hydrogen) atoms. The van der Waals surface area contributed by atoms with Crippen LogP contribution in [0.5, 0.6) is 0 Å². The van der Waals surface area contributed by atoms with Gasteiger partial charge in [0.1, 0.15) is 4.90 Å². The Morgan fingerprint density at radius 3 is 2.71 bits per heavy atom. The predicted octanol–water partition coefficient (Wildman–Crippen LogP) is 2.31. The van der Waals surface area contributed by atoms with Gasteiger partial charge in [0.25, 0.3) is 10.1 Å². The fraction of sp³-hybridized carbons (Fsp3) is 0.333. The quantitative estimate of drug-likeness (QED) is 0.287. The van der Waals surface area contributed by atoms with E-state index in [1.54, 1.807) is 25.1 Å². The van der Waals surface area contributed by atoms with Crippen LogP contribution in [0.4, 0.5) is 0 Å². The Kier molecular flexibility index (Phi) is 5.55. The molecule has 0 unspecified atom stereocenters. The van der Waals surface area contributed by atoms with Crippen molar-refractivity contribution in [3.63, 3.8) is 0 Å². The van der Waals surface area contributed by atoms with Gasteiger partial charge in [0, 0.05) is 5.75 Å². The van der Waals surface area contributed by atoms with Gasteiger partial charge in [0.2, 0.25) is 0 Å². The normalized spacial score (nSPS) is 11.9. The second-order valence-electron chi connectivity index (χ2n) is 3.11. The van der Waals surface area contributed by atoms with E-state index >= 15 is 0 Å². The van der Waals surface area contributed by atoms with E-state index in [0.29, 0.717) is 11.1 Å². The minimum atomic E-state index is -3.92. The first-order valence-corrected chi connectivity index (χ1v) is 7.33. The molecule has 1 aromatic rings. The molecule has 0 fully saturated rings. The molecule has 0 saturated heterocycles. The van der Waals surface area contributed by atoms with Crippen molar-refractivity contribution in [3.8, 4) is 0 Å². The molecule has 94 valence electrons. The van der Waals surface area contributed by atoms with Gasteiger partial charge in [-0.2, -0.15) is 21.0 Å². The first kappa shape index (κ1) is 14.6. The number of thiol groups is 1. The molecule has 0 radical (unpaired) electrons. The Labute approximate surface area is 107 Å². The third-order valence-electron chi connectivity index (χ3n) is 2.02. The van der Waals surface area contributed by atoms with Crippen LogP contribution in [0, 0.1) is 6.92 Å². The van der Waals surface area contributed by atoms with E-state index in [1.807, 2.05) is 0 Å². The highest BCUT2D eigenvalue weighted by Gasteiger charge is 2.21. The average molecular weight is 294 g/mol. The monoisotopic (exact) mass is 294 g/mol. The summed E-state index contributed by atoms with van der Waals surface area (Å²) in [7, 11) is -4.55. The number of hydrogen-bond donors (Lipinski definition) is 1. The molecule has 0 aliphatic carbocycles. The van der Waals surface area contributed by atoms with Crippen LogP contribution in [0.15, 0.2) is 23.1 Å². The highest BCUT2D eigenvalue weighted by molar-refractivity contribution is 7.87. The highest BCUT2D eigenvalue weighted by Crippen LogP contribution is 2.23. The summed E-state index contributed by atoms with van der Waals surface area (Å²) in [5.74, 6) is 0.278. The number of benzene rings is 1. The van der Waals surface area contributed by atoms with Crippen LogP contribution in [0.1, 0.15) is 11.1 Å². The molecule has 0 aliphatic rings. The van der Waals surface area contributed by atoms with Crippen molar-refractivity contribution >= 4 is 31.4 Å². The standard InChI is InChI=1S/C9H11O5PS2/c1-7-3-2-4-8(5-16)9(7)17(11,12)14-6-13-15-10/h2-4,16H,5-6H2,1H3. The minimum absolute atomic E-state index is 0.0844. The van der Waals surface area contributed by atoms with Crippen LogP contribution < -0.4 is 0 Å². The van der Waals surface area contributed by atoms with Crippen LogP contribution >= 0.6 is 21.3 Å². The van der Waals surface area contributed by atoms with Gasteiger partial charge < -0.3 is 0 Å². The van der Waals surface area contributed by atoms with Crippen molar-refractivity contribution in [2.75, 3.05) is 6.79 Å². The molecule has 0 spiro atoms. The molecular weight excluding hydrogens is 283 g/mol. The summed E-state index contributed by atoms with van der Waals surface area (Å²) in [5, 5.41) is 0. The lowest BCUT2D eigenvalue weighted by atomic mass is 10.2. The van der Waals surface area contributed by atoms with Gasteiger partial charge in [-0.1, -0.05) is 18.2 Å². The number of aryl methyl sites for hydroxylation is 1. The van der Waals surface area contributed by atoms with Crippen LogP contribution in [-0.4, -0.2) is 15.2 Å². The summed E-state index contributed by atoms with van der Waals surface area (Å²) >= 11 is 4.07. The molecule has 0 amide bonds. The summed E-state index contributed by atoms with van der Waals surface area (Å²) in [6.45, 7) is 1.07. The second-order valence-corrected chi connectivity index (χ2v) is 5.39. The molecule has 0 aliphatic heterocycles. The molecule has 8 heteroatoms. The van der Waals surface area contributed by atoms with Gasteiger partial charge in [-0.15, -0.1) is 0 Å². The van der Waals surface area contributed by atoms with E-state index in [0.717, 1.165) is 0 Å². The summed E-state index contributed by atoms with van der Waals surface area (Å²) in [6, 6.07) is 5.06. The van der Waals surface area contributed by atoms with E-state index in [9.17, 15) is 13.0 Å². The van der Waals surface area contributed by atoms with Gasteiger partial charge in [-0.25, -0.2) is 8.75 Å². The molecule has 0 aromatic heterocycles. The first-order valence-electron chi connectivity index (χ1n) is 4.56. The third kappa shape index (κ3) is 3.76. The van der Waals surface area contributed by atoms with Crippen LogP contribution in [0.3, 0.4) is 0 Å². The lowest BCUT2D eigenvalue weighted by Gasteiger charge is -2.10. The Bertz CT molecular complexity index is 500. The smallest absolute Gasteiger partial charge is 0.265 e. The minimum Gasteiger partial charge on any atom is -0.265 e. The zero-order chi connectivity index (χ0) is 12.9. The fourth-order valence-electron chi connectivity index (χ4n) is 1.36. The van der Waals surface area contributed by atoms with E-state index in [2.05, 4.69) is 21.3 Å². The van der Waals surface area contributed by atoms with Crippen molar-refractivity contribution in [2.24, 2.45) is 0 Å². The topological polar surface area (TPSA) is 69.7 Å². The fourth-order valence-corrected chi connectivity index (χ4v) is 3.11. The van der Waals surface area contributed by atoms with Crippen molar-refractivity contribution in [1.82, 2.24) is 0 Å². The lowest BCUT2D eigenvalue weighted by molar-refractivity contribution is 0.139. The van der Waals surface area contributed by atoms with Crippen molar-refractivity contribution in [2.45, 2.75) is 17.6 Å². The third-order valence-corrected chi connectivity index (χ3v) is 4.06. The molecule has 0 heterocycles. The van der Waals surface area contributed by atoms with Gasteiger partial charge in [-0.3, -0.25) is 4.52 Å². The van der Waals surface area contributed by atoms with E-state index in [4.69, 9.17) is 0 Å². The zero-order valence-electron chi connectivity index (χ0n) is 8.99. The first-order chi connectivity index (χ1) is 8.03. The highest BCUT2D eigenvalue weighted by atomic mass is 32.2. The molecule has 0 N–H and O–H groups in total. The molecule has 0 atom stereocenters. The van der Waals surface area contributed by atoms with Crippen molar-refractivity contribution in [1.29, 1.82) is 0 Å². The van der Waals surface area contributed by atoms with Gasteiger partial charge in [-0.05, 0) is 18.1 Å². The maximum absolute atomic E-state index is 11.9. The Hall–Kier alpha value is -0.460. The van der Waals surface area contributed by atoms with Crippen molar-refractivity contribution < 1.29 is 21.7 Å². The van der Waals surface area contributed by atoms with Gasteiger partial charge in [0.15, 0.2) is 6.79 Å². The number of rotatable bonds is 6. The lowest BCUT2D eigenvalue weighted by Crippen LogP contribution is -2.11. The summed E-state index contributed by atoms with van der Waals surface area (Å²) in [4.78, 5) is 0.0844. The Balaban J connectivity index is 3.09. The summed E-state index contributed by atoms with van der Waals surface area (Å²) in [6.07, 6.45) is 0. The molecule has 1 rings (SSSR count). The average Bonchev–Trinajstić information content (AvgIpc) is 2.28. The predicted molar refractivity (Wildman–Crippen MR) is 65.7 cm³/mol. The number of hydrogen-bond acceptors (Lipinski definition) is 6. The van der Waals surface area contributed by atoms with Crippen molar-refractivity contribution in [3.05, 3.63) is 29.3 Å². The summed E-state index contributed by atoms with van der Waals surface area (Å²) in [5.41, 5.74) is 1.12. The van der Waals surface area contributed by atoms with E-state index in [1.165, 1.54) is 0 Å². The second kappa shape index (κ2) is 6.47. The Morgan fingerprint density at radius 1 is 1.41 bits per heavy atom. The van der Waals surface area contributed by atoms with Gasteiger partial charge >= 0.3 is 8.69 Å². The summed E-state index contributed by atoms with van der Waals surface area (Å²) < 4.78 is 42.6. The maximum Gasteiger partial charge on any atom is 0.329 e. The molecule has 5 nitrogen and oxygen atoms in total. The largest absolute Gasteiger partial charge is 0.329 e. The van der Waals surface area contributed by atoms with Gasteiger partial charge in [0.05, 0.1) is 0 Å². The molecule has 0 saturated carbocycles. The molecule has 1 aromatic carbocycles. The molecule has 0 bridgehead atoms.